The number of halogens is 2. The van der Waals surface area contributed by atoms with Gasteiger partial charge in [-0.05, 0) is 47.5 Å². The molecular formula is C24H17BrClN3O6. The Morgan fingerprint density at radius 3 is 2.60 bits per heavy atom. The number of carbonyl (C=O) groups excluding carboxylic acids is 2. The summed E-state index contributed by atoms with van der Waals surface area (Å²) in [6.45, 7) is 0.0774. The lowest BCUT2D eigenvalue weighted by molar-refractivity contribution is -0.384. The fourth-order valence-electron chi connectivity index (χ4n) is 3.39. The summed E-state index contributed by atoms with van der Waals surface area (Å²) >= 11 is 9.45. The largest absolute Gasteiger partial charge is 0.493 e. The summed E-state index contributed by atoms with van der Waals surface area (Å²) in [5.41, 5.74) is 1.56. The molecule has 178 valence electrons. The number of methoxy groups -OCH3 is 1. The predicted octanol–water partition coefficient (Wildman–Crippen LogP) is 5.70. The highest BCUT2D eigenvalue weighted by Crippen LogP contribution is 2.36. The fraction of sp³-hybridized carbons (Fsp3) is 0.0833. The number of carbonyl (C=O) groups is 2. The van der Waals surface area contributed by atoms with Crippen LogP contribution in [0.2, 0.25) is 5.02 Å². The highest BCUT2D eigenvalue weighted by Gasteiger charge is 2.35. The Kier molecular flexibility index (Phi) is 7.04. The van der Waals surface area contributed by atoms with E-state index in [-0.39, 0.29) is 18.0 Å². The second kappa shape index (κ2) is 10.2. The van der Waals surface area contributed by atoms with Crippen LogP contribution >= 0.6 is 27.5 Å². The molecule has 0 saturated carbocycles. The second-order valence-corrected chi connectivity index (χ2v) is 8.64. The number of imide groups is 1. The van der Waals surface area contributed by atoms with Crippen molar-refractivity contribution < 1.29 is 24.0 Å². The van der Waals surface area contributed by atoms with Crippen LogP contribution in [0.25, 0.3) is 6.08 Å². The van der Waals surface area contributed by atoms with Gasteiger partial charge >= 0.3 is 6.03 Å². The number of nitrogens with one attached hydrogen (secondary N) is 1. The minimum atomic E-state index is -0.594. The Balaban J connectivity index is 1.57. The van der Waals surface area contributed by atoms with Crippen LogP contribution in [0.15, 0.2) is 70.8 Å². The number of rotatable bonds is 7. The zero-order valence-electron chi connectivity index (χ0n) is 18.2. The van der Waals surface area contributed by atoms with Crippen LogP contribution in [0.5, 0.6) is 11.5 Å². The van der Waals surface area contributed by atoms with Crippen LogP contribution in [-0.2, 0) is 11.4 Å². The number of benzene rings is 3. The van der Waals surface area contributed by atoms with Gasteiger partial charge < -0.3 is 14.8 Å². The van der Waals surface area contributed by atoms with Crippen molar-refractivity contribution in [1.29, 1.82) is 0 Å². The van der Waals surface area contributed by atoms with Gasteiger partial charge in [0.2, 0.25) is 0 Å². The maximum absolute atomic E-state index is 12.9. The molecule has 3 aromatic rings. The molecule has 0 bridgehead atoms. The number of non-ortho nitro benzene ring substituents is 1. The van der Waals surface area contributed by atoms with E-state index in [1.165, 1.54) is 31.4 Å². The zero-order valence-corrected chi connectivity index (χ0v) is 20.5. The molecule has 0 aromatic heterocycles. The molecule has 0 radical (unpaired) electrons. The first-order chi connectivity index (χ1) is 16.8. The number of anilines is 1. The van der Waals surface area contributed by atoms with Crippen LogP contribution in [-0.4, -0.2) is 24.0 Å². The van der Waals surface area contributed by atoms with Gasteiger partial charge in [0.15, 0.2) is 11.5 Å². The molecule has 1 heterocycles. The smallest absolute Gasteiger partial charge is 0.333 e. The number of urea groups is 1. The summed E-state index contributed by atoms with van der Waals surface area (Å²) in [5.74, 6) is 0.221. The molecule has 0 atom stereocenters. The molecule has 1 N–H and O–H groups in total. The molecule has 11 heteroatoms. The van der Waals surface area contributed by atoms with E-state index in [1.54, 1.807) is 42.5 Å². The summed E-state index contributed by atoms with van der Waals surface area (Å²) in [4.78, 5) is 36.9. The molecule has 1 aliphatic rings. The highest BCUT2D eigenvalue weighted by molar-refractivity contribution is 9.10. The van der Waals surface area contributed by atoms with E-state index in [0.717, 1.165) is 4.90 Å². The Bertz CT molecular complexity index is 1380. The molecule has 0 aliphatic carbocycles. The number of amides is 3. The van der Waals surface area contributed by atoms with Gasteiger partial charge in [-0.2, -0.15) is 0 Å². The monoisotopic (exact) mass is 557 g/mol. The topological polar surface area (TPSA) is 111 Å². The van der Waals surface area contributed by atoms with Crippen molar-refractivity contribution in [3.8, 4) is 11.5 Å². The minimum Gasteiger partial charge on any atom is -0.493 e. The number of hydrogen-bond donors (Lipinski definition) is 1. The quantitative estimate of drug-likeness (QED) is 0.172. The average Bonchev–Trinajstić information content (AvgIpc) is 3.11. The number of ether oxygens (including phenoxy) is 2. The molecule has 3 aromatic carbocycles. The fourth-order valence-corrected chi connectivity index (χ4v) is 4.02. The van der Waals surface area contributed by atoms with Gasteiger partial charge in [-0.25, -0.2) is 9.69 Å². The number of hydrogen-bond acceptors (Lipinski definition) is 6. The first-order valence-corrected chi connectivity index (χ1v) is 11.3. The first-order valence-electron chi connectivity index (χ1n) is 10.1. The second-order valence-electron chi connectivity index (χ2n) is 7.35. The molecule has 1 aliphatic heterocycles. The van der Waals surface area contributed by atoms with Gasteiger partial charge in [0.05, 0.1) is 17.7 Å². The van der Waals surface area contributed by atoms with E-state index >= 15 is 0 Å². The lowest BCUT2D eigenvalue weighted by atomic mass is 10.1. The summed E-state index contributed by atoms with van der Waals surface area (Å²) < 4.78 is 11.8. The Hall–Kier alpha value is -3.89. The van der Waals surface area contributed by atoms with Gasteiger partial charge in [0.1, 0.15) is 12.3 Å². The van der Waals surface area contributed by atoms with Crippen molar-refractivity contribution in [2.24, 2.45) is 0 Å². The average molecular weight is 559 g/mol. The SMILES string of the molecule is COc1cc(/C=C2/NC(=O)N(c3cccc(Cl)c3)C2=O)c(Br)cc1OCc1cccc([N+](=O)[O-])c1. The van der Waals surface area contributed by atoms with E-state index in [2.05, 4.69) is 21.2 Å². The molecule has 1 fully saturated rings. The maximum Gasteiger partial charge on any atom is 0.333 e. The third-order valence-electron chi connectivity index (χ3n) is 5.04. The van der Waals surface area contributed by atoms with E-state index in [9.17, 15) is 19.7 Å². The Morgan fingerprint density at radius 2 is 1.89 bits per heavy atom. The van der Waals surface area contributed by atoms with Gasteiger partial charge in [-0.3, -0.25) is 14.9 Å². The third kappa shape index (κ3) is 5.28. The van der Waals surface area contributed by atoms with Crippen molar-refractivity contribution in [2.45, 2.75) is 6.61 Å². The molecule has 4 rings (SSSR count). The molecule has 1 saturated heterocycles. The first kappa shape index (κ1) is 24.2. The van der Waals surface area contributed by atoms with E-state index < -0.39 is 16.9 Å². The van der Waals surface area contributed by atoms with Gasteiger partial charge in [-0.1, -0.05) is 45.7 Å². The van der Waals surface area contributed by atoms with Gasteiger partial charge in [0, 0.05) is 21.6 Å². The van der Waals surface area contributed by atoms with Crippen LogP contribution < -0.4 is 19.7 Å². The molecular weight excluding hydrogens is 542 g/mol. The minimum absolute atomic E-state index is 0.0312. The van der Waals surface area contributed by atoms with Crippen molar-refractivity contribution in [2.75, 3.05) is 12.0 Å². The van der Waals surface area contributed by atoms with E-state index in [4.69, 9.17) is 21.1 Å². The number of nitro benzene ring substituents is 1. The van der Waals surface area contributed by atoms with Gasteiger partial charge in [0.25, 0.3) is 11.6 Å². The Morgan fingerprint density at radius 1 is 1.11 bits per heavy atom. The summed E-state index contributed by atoms with van der Waals surface area (Å²) in [6, 6.07) is 15.3. The molecule has 35 heavy (non-hydrogen) atoms. The summed E-state index contributed by atoms with van der Waals surface area (Å²) in [5, 5.41) is 14.0. The van der Waals surface area contributed by atoms with Crippen molar-refractivity contribution in [3.63, 3.8) is 0 Å². The van der Waals surface area contributed by atoms with Crippen LogP contribution in [0.1, 0.15) is 11.1 Å². The predicted molar refractivity (Wildman–Crippen MR) is 134 cm³/mol. The highest BCUT2D eigenvalue weighted by atomic mass is 79.9. The van der Waals surface area contributed by atoms with Crippen molar-refractivity contribution in [1.82, 2.24) is 5.32 Å². The number of nitrogens with zero attached hydrogens (tertiary/aromatic N) is 2. The van der Waals surface area contributed by atoms with Crippen LogP contribution in [0.3, 0.4) is 0 Å². The van der Waals surface area contributed by atoms with Crippen LogP contribution in [0.4, 0.5) is 16.2 Å². The van der Waals surface area contributed by atoms with Crippen LogP contribution in [0, 0.1) is 10.1 Å². The molecule has 9 nitrogen and oxygen atoms in total. The lowest BCUT2D eigenvalue weighted by Crippen LogP contribution is -2.30. The third-order valence-corrected chi connectivity index (χ3v) is 5.96. The molecule has 0 spiro atoms. The van der Waals surface area contributed by atoms with Gasteiger partial charge in [-0.15, -0.1) is 0 Å². The number of nitro groups is 1. The lowest BCUT2D eigenvalue weighted by Gasteiger charge is -2.13. The Labute approximate surface area is 213 Å². The summed E-state index contributed by atoms with van der Waals surface area (Å²) in [7, 11) is 1.46. The van der Waals surface area contributed by atoms with Crippen molar-refractivity contribution >= 4 is 56.9 Å². The summed E-state index contributed by atoms with van der Waals surface area (Å²) in [6.07, 6.45) is 1.52. The maximum atomic E-state index is 12.9. The standard InChI is InChI=1S/C24H17BrClN3O6/c1-34-21-10-15(9-20-23(30)28(24(31)27-20)17-6-3-5-16(26)11-17)19(25)12-22(21)35-13-14-4-2-7-18(8-14)29(32)33/h2-12H,13H2,1H3,(H,27,31)/b20-9+. The van der Waals surface area contributed by atoms with E-state index in [0.29, 0.717) is 37.8 Å². The zero-order chi connectivity index (χ0) is 25.1. The van der Waals surface area contributed by atoms with Crippen molar-refractivity contribution in [3.05, 3.63) is 97.1 Å². The molecule has 0 unspecified atom stereocenters. The van der Waals surface area contributed by atoms with E-state index in [1.807, 2.05) is 0 Å². The molecule has 3 amide bonds. The normalized spacial score (nSPS) is 14.3.